The molecule has 2 nitrogen and oxygen atoms in total. The minimum absolute atomic E-state index is 0.322. The maximum absolute atomic E-state index is 8.63. The second-order valence-corrected chi connectivity index (χ2v) is 2.95. The highest BCUT2D eigenvalue weighted by Gasteiger charge is 1.78. The molecule has 0 aliphatic carbocycles. The molecule has 0 aromatic heterocycles. The minimum Gasteiger partial charge on any atom is -0.508 e. The monoisotopic (exact) mass is 201 g/mol. The number of para-hydroxylation sites is 2. The molecule has 2 N–H and O–H groups in total. The fourth-order valence-corrected chi connectivity index (χ4v) is 1.03. The highest BCUT2D eigenvalue weighted by atomic mass is 16.3. The maximum Gasteiger partial charge on any atom is 0.115 e. The Balaban J connectivity index is 0.000000151. The third kappa shape index (κ3) is 4.72. The van der Waals surface area contributed by atoms with Crippen molar-refractivity contribution in [2.75, 3.05) is 12.4 Å². The molecular weight excluding hydrogens is 186 g/mol. The standard InChI is InChI=1S/C7H9N.C6H6O/c1-8-7-5-3-2-4-6-7;7-6-4-2-1-3-5-6/h2-6,8H,1H3;1-5,7H. The first-order chi connectivity index (χ1) is 7.33. The van der Waals surface area contributed by atoms with Crippen molar-refractivity contribution in [3.8, 4) is 5.75 Å². The SMILES string of the molecule is CNc1ccccc1.Oc1ccccc1. The molecule has 78 valence electrons. The van der Waals surface area contributed by atoms with Crippen molar-refractivity contribution in [3.05, 3.63) is 60.7 Å². The maximum atomic E-state index is 8.63. The Labute approximate surface area is 90.2 Å². The van der Waals surface area contributed by atoms with E-state index in [4.69, 9.17) is 5.11 Å². The third-order valence-electron chi connectivity index (χ3n) is 1.82. The third-order valence-corrected chi connectivity index (χ3v) is 1.82. The summed E-state index contributed by atoms with van der Waals surface area (Å²) in [4.78, 5) is 0. The summed E-state index contributed by atoms with van der Waals surface area (Å²) in [5, 5.41) is 11.7. The van der Waals surface area contributed by atoms with Gasteiger partial charge < -0.3 is 10.4 Å². The van der Waals surface area contributed by atoms with Gasteiger partial charge in [0.15, 0.2) is 0 Å². The molecule has 2 heteroatoms. The molecule has 0 aliphatic heterocycles. The van der Waals surface area contributed by atoms with Crippen LogP contribution in [-0.4, -0.2) is 12.2 Å². The average molecular weight is 201 g/mol. The predicted molar refractivity (Wildman–Crippen MR) is 64.1 cm³/mol. The van der Waals surface area contributed by atoms with Gasteiger partial charge in [-0.05, 0) is 24.3 Å². The van der Waals surface area contributed by atoms with Gasteiger partial charge in [0.25, 0.3) is 0 Å². The Bertz CT molecular complexity index is 359. The van der Waals surface area contributed by atoms with Crippen LogP contribution in [0.4, 0.5) is 5.69 Å². The lowest BCUT2D eigenvalue weighted by molar-refractivity contribution is 0.475. The molecule has 0 bridgehead atoms. The smallest absolute Gasteiger partial charge is 0.115 e. The Hall–Kier alpha value is -1.96. The molecule has 2 aromatic rings. The fourth-order valence-electron chi connectivity index (χ4n) is 1.03. The van der Waals surface area contributed by atoms with E-state index in [0.717, 1.165) is 5.69 Å². The number of benzene rings is 2. The second-order valence-electron chi connectivity index (χ2n) is 2.95. The van der Waals surface area contributed by atoms with Crippen molar-refractivity contribution in [3.63, 3.8) is 0 Å². The molecule has 0 amide bonds. The number of hydrogen-bond acceptors (Lipinski definition) is 2. The molecule has 2 rings (SSSR count). The van der Waals surface area contributed by atoms with Crippen molar-refractivity contribution >= 4 is 5.69 Å². The van der Waals surface area contributed by atoms with Crippen LogP contribution in [0.5, 0.6) is 5.75 Å². The van der Waals surface area contributed by atoms with E-state index in [1.165, 1.54) is 0 Å². The van der Waals surface area contributed by atoms with E-state index in [-0.39, 0.29) is 0 Å². The van der Waals surface area contributed by atoms with Gasteiger partial charge in [-0.1, -0.05) is 36.4 Å². The summed E-state index contributed by atoms with van der Waals surface area (Å²) >= 11 is 0. The first-order valence-electron chi connectivity index (χ1n) is 4.79. The molecular formula is C13H15NO. The van der Waals surface area contributed by atoms with Gasteiger partial charge in [-0.3, -0.25) is 0 Å². The van der Waals surface area contributed by atoms with Crippen LogP contribution in [0, 0.1) is 0 Å². The number of hydrogen-bond donors (Lipinski definition) is 2. The molecule has 0 atom stereocenters. The van der Waals surface area contributed by atoms with Crippen molar-refractivity contribution in [1.29, 1.82) is 0 Å². The van der Waals surface area contributed by atoms with Crippen molar-refractivity contribution in [2.45, 2.75) is 0 Å². The van der Waals surface area contributed by atoms with Gasteiger partial charge in [-0.2, -0.15) is 0 Å². The van der Waals surface area contributed by atoms with Crippen LogP contribution in [0.25, 0.3) is 0 Å². The van der Waals surface area contributed by atoms with Gasteiger partial charge >= 0.3 is 0 Å². The lowest BCUT2D eigenvalue weighted by Crippen LogP contribution is -1.84. The summed E-state index contributed by atoms with van der Waals surface area (Å²) in [5.74, 6) is 0.322. The number of phenols is 1. The van der Waals surface area contributed by atoms with Crippen LogP contribution in [-0.2, 0) is 0 Å². The first kappa shape index (κ1) is 11.1. The minimum atomic E-state index is 0.322. The highest BCUT2D eigenvalue weighted by Crippen LogP contribution is 2.03. The summed E-state index contributed by atoms with van der Waals surface area (Å²) in [6, 6.07) is 18.8. The van der Waals surface area contributed by atoms with Gasteiger partial charge in [-0.15, -0.1) is 0 Å². The second kappa shape index (κ2) is 6.49. The molecule has 0 unspecified atom stereocenters. The van der Waals surface area contributed by atoms with Gasteiger partial charge in [-0.25, -0.2) is 0 Å². The largest absolute Gasteiger partial charge is 0.508 e. The van der Waals surface area contributed by atoms with Crippen LogP contribution in [0.1, 0.15) is 0 Å². The van der Waals surface area contributed by atoms with E-state index in [1.54, 1.807) is 24.3 Å². The van der Waals surface area contributed by atoms with Crippen molar-refractivity contribution < 1.29 is 5.11 Å². The summed E-state index contributed by atoms with van der Waals surface area (Å²) in [5.41, 5.74) is 1.16. The zero-order chi connectivity index (χ0) is 10.9. The van der Waals surface area contributed by atoms with Gasteiger partial charge in [0.2, 0.25) is 0 Å². The van der Waals surface area contributed by atoms with E-state index in [2.05, 4.69) is 5.32 Å². The number of aromatic hydroxyl groups is 1. The number of anilines is 1. The van der Waals surface area contributed by atoms with Gasteiger partial charge in [0.05, 0.1) is 0 Å². The van der Waals surface area contributed by atoms with E-state index >= 15 is 0 Å². The zero-order valence-electron chi connectivity index (χ0n) is 8.72. The van der Waals surface area contributed by atoms with Crippen molar-refractivity contribution in [2.24, 2.45) is 0 Å². The molecule has 0 saturated heterocycles. The van der Waals surface area contributed by atoms with Gasteiger partial charge in [0, 0.05) is 12.7 Å². The predicted octanol–water partition coefficient (Wildman–Crippen LogP) is 3.12. The number of phenolic OH excluding ortho intramolecular Hbond substituents is 1. The Morgan fingerprint density at radius 1 is 0.800 bits per heavy atom. The molecule has 0 fully saturated rings. The van der Waals surface area contributed by atoms with Crippen LogP contribution in [0.3, 0.4) is 0 Å². The number of rotatable bonds is 1. The molecule has 15 heavy (non-hydrogen) atoms. The molecule has 0 radical (unpaired) electrons. The Morgan fingerprint density at radius 2 is 1.27 bits per heavy atom. The molecule has 0 spiro atoms. The zero-order valence-corrected chi connectivity index (χ0v) is 8.72. The fraction of sp³-hybridized carbons (Fsp3) is 0.0769. The Kier molecular flexibility index (Phi) is 4.81. The van der Waals surface area contributed by atoms with E-state index in [1.807, 2.05) is 43.4 Å². The van der Waals surface area contributed by atoms with E-state index in [9.17, 15) is 0 Å². The number of nitrogens with one attached hydrogen (secondary N) is 1. The average Bonchev–Trinajstić information content (AvgIpc) is 2.32. The van der Waals surface area contributed by atoms with Crippen LogP contribution in [0.15, 0.2) is 60.7 Å². The molecule has 0 heterocycles. The quantitative estimate of drug-likeness (QED) is 0.743. The van der Waals surface area contributed by atoms with Crippen LogP contribution >= 0.6 is 0 Å². The molecule has 0 saturated carbocycles. The van der Waals surface area contributed by atoms with Crippen molar-refractivity contribution in [1.82, 2.24) is 0 Å². The Morgan fingerprint density at radius 3 is 1.53 bits per heavy atom. The highest BCUT2D eigenvalue weighted by molar-refractivity contribution is 5.41. The lowest BCUT2D eigenvalue weighted by atomic mass is 10.3. The topological polar surface area (TPSA) is 32.3 Å². The van der Waals surface area contributed by atoms with E-state index in [0.29, 0.717) is 5.75 Å². The van der Waals surface area contributed by atoms with Gasteiger partial charge in [0.1, 0.15) is 5.75 Å². The normalized spacial score (nSPS) is 8.60. The summed E-state index contributed by atoms with van der Waals surface area (Å²) in [6.45, 7) is 0. The summed E-state index contributed by atoms with van der Waals surface area (Å²) in [6.07, 6.45) is 0. The lowest BCUT2D eigenvalue weighted by Gasteiger charge is -1.94. The molecule has 2 aromatic carbocycles. The summed E-state index contributed by atoms with van der Waals surface area (Å²) < 4.78 is 0. The van der Waals surface area contributed by atoms with Crippen LogP contribution < -0.4 is 5.32 Å². The first-order valence-corrected chi connectivity index (χ1v) is 4.79. The van der Waals surface area contributed by atoms with Crippen LogP contribution in [0.2, 0.25) is 0 Å². The molecule has 0 aliphatic rings. The summed E-state index contributed by atoms with van der Waals surface area (Å²) in [7, 11) is 1.91. The van der Waals surface area contributed by atoms with E-state index < -0.39 is 0 Å².